The van der Waals surface area contributed by atoms with Crippen molar-refractivity contribution in [3.8, 4) is 0 Å². The second-order valence-electron chi connectivity index (χ2n) is 6.73. The minimum Gasteiger partial charge on any atom is -0.349 e. The zero-order valence-corrected chi connectivity index (χ0v) is 14.9. The van der Waals surface area contributed by atoms with E-state index >= 15 is 0 Å². The summed E-state index contributed by atoms with van der Waals surface area (Å²) in [7, 11) is 0. The summed E-state index contributed by atoms with van der Waals surface area (Å²) in [4.78, 5) is 12.2. The zero-order chi connectivity index (χ0) is 15.7. The molecule has 0 saturated carbocycles. The van der Waals surface area contributed by atoms with Gasteiger partial charge in [0.1, 0.15) is 0 Å². The van der Waals surface area contributed by atoms with Crippen molar-refractivity contribution in [2.24, 2.45) is 11.1 Å². The van der Waals surface area contributed by atoms with E-state index in [0.717, 1.165) is 32.2 Å². The maximum absolute atomic E-state index is 12.2. The van der Waals surface area contributed by atoms with Crippen LogP contribution in [0, 0.1) is 5.41 Å². The molecule has 0 fully saturated rings. The van der Waals surface area contributed by atoms with Crippen LogP contribution in [0.15, 0.2) is 30.3 Å². The summed E-state index contributed by atoms with van der Waals surface area (Å²) in [6.07, 6.45) is 4.79. The molecule has 1 unspecified atom stereocenters. The van der Waals surface area contributed by atoms with Gasteiger partial charge in [-0.05, 0) is 30.4 Å². The van der Waals surface area contributed by atoms with Gasteiger partial charge in [0.05, 0.1) is 6.04 Å². The highest BCUT2D eigenvalue weighted by molar-refractivity contribution is 5.85. The minimum absolute atomic E-state index is 0. The van der Waals surface area contributed by atoms with Crippen LogP contribution in [-0.4, -0.2) is 12.5 Å². The lowest BCUT2D eigenvalue weighted by Crippen LogP contribution is -2.36. The van der Waals surface area contributed by atoms with Crippen LogP contribution in [0.1, 0.15) is 64.5 Å². The summed E-state index contributed by atoms with van der Waals surface area (Å²) in [6, 6.07) is 10.3. The van der Waals surface area contributed by atoms with Crippen LogP contribution < -0.4 is 11.1 Å². The van der Waals surface area contributed by atoms with Crippen molar-refractivity contribution in [1.29, 1.82) is 0 Å². The molecule has 1 aromatic carbocycles. The highest BCUT2D eigenvalue weighted by atomic mass is 35.5. The first kappa shape index (κ1) is 20.9. The second kappa shape index (κ2) is 10.6. The van der Waals surface area contributed by atoms with Gasteiger partial charge in [0.2, 0.25) is 5.91 Å². The SMILES string of the molecule is CC(C)(C)C(NC(=O)CCCCCCN)c1ccccc1.Cl. The molecule has 0 aliphatic carbocycles. The Balaban J connectivity index is 0.00000441. The van der Waals surface area contributed by atoms with Gasteiger partial charge in [0.25, 0.3) is 0 Å². The van der Waals surface area contributed by atoms with Crippen LogP contribution >= 0.6 is 12.4 Å². The van der Waals surface area contributed by atoms with Gasteiger partial charge in [0, 0.05) is 6.42 Å². The number of halogens is 1. The number of hydrogen-bond donors (Lipinski definition) is 2. The van der Waals surface area contributed by atoms with E-state index in [9.17, 15) is 4.79 Å². The third kappa shape index (κ3) is 7.81. The van der Waals surface area contributed by atoms with E-state index in [0.29, 0.717) is 6.42 Å². The second-order valence-corrected chi connectivity index (χ2v) is 6.73. The molecule has 1 aromatic rings. The van der Waals surface area contributed by atoms with Crippen LogP contribution in [0.4, 0.5) is 0 Å². The monoisotopic (exact) mass is 326 g/mol. The number of nitrogens with two attached hydrogens (primary N) is 1. The third-order valence-corrected chi connectivity index (χ3v) is 3.66. The van der Waals surface area contributed by atoms with Gasteiger partial charge in [0.15, 0.2) is 0 Å². The molecule has 1 atom stereocenters. The predicted molar refractivity (Wildman–Crippen MR) is 96.2 cm³/mol. The molecule has 0 bridgehead atoms. The molecular weight excluding hydrogens is 296 g/mol. The fourth-order valence-electron chi connectivity index (χ4n) is 2.46. The van der Waals surface area contributed by atoms with E-state index in [1.165, 1.54) is 5.56 Å². The molecule has 0 heterocycles. The third-order valence-electron chi connectivity index (χ3n) is 3.66. The molecule has 0 saturated heterocycles. The quantitative estimate of drug-likeness (QED) is 0.703. The molecule has 0 aliphatic rings. The predicted octanol–water partition coefficient (Wildman–Crippen LogP) is 4.22. The van der Waals surface area contributed by atoms with Crippen LogP contribution in [0.3, 0.4) is 0 Å². The molecule has 0 spiro atoms. The Labute approximate surface area is 141 Å². The van der Waals surface area contributed by atoms with Crippen LogP contribution in [0.2, 0.25) is 0 Å². The first-order valence-electron chi connectivity index (χ1n) is 7.99. The Bertz CT molecular complexity index is 415. The number of amides is 1. The van der Waals surface area contributed by atoms with Crippen LogP contribution in [0.25, 0.3) is 0 Å². The standard InChI is InChI=1S/C18H30N2O.ClH/c1-18(2,3)17(15-11-7-6-8-12-15)20-16(21)13-9-4-5-10-14-19;/h6-8,11-12,17H,4-5,9-10,13-14,19H2,1-3H3,(H,20,21);1H. The van der Waals surface area contributed by atoms with Gasteiger partial charge in [-0.1, -0.05) is 63.9 Å². The Kier molecular flexibility index (Phi) is 10.1. The molecule has 4 heteroatoms. The summed E-state index contributed by atoms with van der Waals surface area (Å²) in [5.74, 6) is 0.145. The lowest BCUT2D eigenvalue weighted by atomic mass is 9.82. The van der Waals surface area contributed by atoms with E-state index in [1.807, 2.05) is 18.2 Å². The fourth-order valence-corrected chi connectivity index (χ4v) is 2.46. The smallest absolute Gasteiger partial charge is 0.220 e. The molecular formula is C18H31ClN2O. The number of carbonyl (C=O) groups excluding carboxylic acids is 1. The first-order chi connectivity index (χ1) is 9.95. The van der Waals surface area contributed by atoms with Gasteiger partial charge < -0.3 is 11.1 Å². The van der Waals surface area contributed by atoms with Gasteiger partial charge in [-0.25, -0.2) is 0 Å². The number of benzene rings is 1. The maximum Gasteiger partial charge on any atom is 0.220 e. The molecule has 1 amide bonds. The van der Waals surface area contributed by atoms with Crippen molar-refractivity contribution >= 4 is 18.3 Å². The highest BCUT2D eigenvalue weighted by Gasteiger charge is 2.27. The van der Waals surface area contributed by atoms with Crippen molar-refractivity contribution in [1.82, 2.24) is 5.32 Å². The average Bonchev–Trinajstić information content (AvgIpc) is 2.44. The molecule has 3 nitrogen and oxygen atoms in total. The van der Waals surface area contributed by atoms with Crippen molar-refractivity contribution in [2.45, 2.75) is 58.9 Å². The summed E-state index contributed by atoms with van der Waals surface area (Å²) >= 11 is 0. The Morgan fingerprint density at radius 2 is 1.68 bits per heavy atom. The number of hydrogen-bond acceptors (Lipinski definition) is 2. The van der Waals surface area contributed by atoms with Crippen molar-refractivity contribution in [3.63, 3.8) is 0 Å². The highest BCUT2D eigenvalue weighted by Crippen LogP contribution is 2.32. The largest absolute Gasteiger partial charge is 0.349 e. The number of nitrogens with one attached hydrogen (secondary N) is 1. The van der Waals surface area contributed by atoms with E-state index < -0.39 is 0 Å². The van der Waals surface area contributed by atoms with E-state index in [1.54, 1.807) is 0 Å². The van der Waals surface area contributed by atoms with Gasteiger partial charge in [-0.2, -0.15) is 0 Å². The molecule has 0 aromatic heterocycles. The molecule has 0 aliphatic heterocycles. The lowest BCUT2D eigenvalue weighted by molar-refractivity contribution is -0.122. The molecule has 0 radical (unpaired) electrons. The van der Waals surface area contributed by atoms with Crippen molar-refractivity contribution in [3.05, 3.63) is 35.9 Å². The average molecular weight is 327 g/mol. The normalized spacial score (nSPS) is 12.4. The molecule has 1 rings (SSSR count). The van der Waals surface area contributed by atoms with Gasteiger partial charge >= 0.3 is 0 Å². The Morgan fingerprint density at radius 1 is 1.09 bits per heavy atom. The first-order valence-corrected chi connectivity index (χ1v) is 7.99. The number of unbranched alkanes of at least 4 members (excludes halogenated alkanes) is 3. The number of rotatable bonds is 8. The lowest BCUT2D eigenvalue weighted by Gasteiger charge is -2.32. The summed E-state index contributed by atoms with van der Waals surface area (Å²) in [6.45, 7) is 7.22. The van der Waals surface area contributed by atoms with Crippen molar-refractivity contribution < 1.29 is 4.79 Å². The summed E-state index contributed by atoms with van der Waals surface area (Å²) < 4.78 is 0. The van der Waals surface area contributed by atoms with Crippen molar-refractivity contribution in [2.75, 3.05) is 6.54 Å². The van der Waals surface area contributed by atoms with Gasteiger partial charge in [-0.15, -0.1) is 12.4 Å². The maximum atomic E-state index is 12.2. The fraction of sp³-hybridized carbons (Fsp3) is 0.611. The summed E-state index contributed by atoms with van der Waals surface area (Å²) in [5, 5.41) is 3.20. The molecule has 126 valence electrons. The number of carbonyl (C=O) groups is 1. The van der Waals surface area contributed by atoms with E-state index in [4.69, 9.17) is 5.73 Å². The topological polar surface area (TPSA) is 55.1 Å². The molecule has 22 heavy (non-hydrogen) atoms. The van der Waals surface area contributed by atoms with Crippen LogP contribution in [-0.2, 0) is 4.79 Å². The summed E-state index contributed by atoms with van der Waals surface area (Å²) in [5.41, 5.74) is 6.63. The minimum atomic E-state index is -0.00341. The van der Waals surface area contributed by atoms with E-state index in [-0.39, 0.29) is 29.8 Å². The van der Waals surface area contributed by atoms with Crippen LogP contribution in [0.5, 0.6) is 0 Å². The van der Waals surface area contributed by atoms with Gasteiger partial charge in [-0.3, -0.25) is 4.79 Å². The Hall–Kier alpha value is -1.06. The molecule has 3 N–H and O–H groups in total. The van der Waals surface area contributed by atoms with E-state index in [2.05, 4.69) is 38.2 Å². The Morgan fingerprint density at radius 3 is 2.23 bits per heavy atom. The zero-order valence-electron chi connectivity index (χ0n) is 14.1.